The number of nitrogens with two attached hydrogens (primary N) is 1. The van der Waals surface area contributed by atoms with Crippen molar-refractivity contribution in [3.05, 3.63) is 44.3 Å². The Hall–Kier alpha value is -0.980. The zero-order valence-electron chi connectivity index (χ0n) is 10.4. The Morgan fingerprint density at radius 3 is 2.95 bits per heavy atom. The number of halogens is 1. The Kier molecular flexibility index (Phi) is 4.90. The number of aryl methyl sites for hydroxylation is 1. The average Bonchev–Trinajstić information content (AvgIpc) is 2.75. The molecule has 1 heterocycles. The highest BCUT2D eigenvalue weighted by Crippen LogP contribution is 2.21. The number of benzene rings is 1. The second-order valence-electron chi connectivity index (χ2n) is 4.11. The zero-order chi connectivity index (χ0) is 13.8. The van der Waals surface area contributed by atoms with Gasteiger partial charge < -0.3 is 11.1 Å². The second kappa shape index (κ2) is 6.45. The van der Waals surface area contributed by atoms with E-state index in [4.69, 9.17) is 18.0 Å². The van der Waals surface area contributed by atoms with Gasteiger partial charge in [-0.1, -0.05) is 28.1 Å². The summed E-state index contributed by atoms with van der Waals surface area (Å²) in [7, 11) is 0. The lowest BCUT2D eigenvalue weighted by Gasteiger charge is -2.11. The predicted molar refractivity (Wildman–Crippen MR) is 89.1 cm³/mol. The predicted octanol–water partition coefficient (Wildman–Crippen LogP) is 3.50. The lowest BCUT2D eigenvalue weighted by Crippen LogP contribution is -2.14. The molecule has 2 rings (SSSR count). The summed E-state index contributed by atoms with van der Waals surface area (Å²) in [6, 6.07) is 5.84. The van der Waals surface area contributed by atoms with E-state index in [9.17, 15) is 0 Å². The van der Waals surface area contributed by atoms with Gasteiger partial charge in [0, 0.05) is 39.8 Å². The molecule has 0 bridgehead atoms. The molecule has 1 aromatic carbocycles. The molecule has 0 radical (unpaired) electrons. The fraction of sp³-hybridized carbons (Fsp3) is 0.231. The van der Waals surface area contributed by atoms with Gasteiger partial charge in [-0.2, -0.15) is 0 Å². The Morgan fingerprint density at radius 2 is 2.32 bits per heavy atom. The summed E-state index contributed by atoms with van der Waals surface area (Å²) < 4.78 is 1.00. The van der Waals surface area contributed by atoms with Crippen LogP contribution in [0.3, 0.4) is 0 Å². The van der Waals surface area contributed by atoms with Crippen LogP contribution in [0.5, 0.6) is 0 Å². The maximum atomic E-state index is 5.72. The van der Waals surface area contributed by atoms with Crippen molar-refractivity contribution in [2.45, 2.75) is 13.3 Å². The number of hydrogen-bond donors (Lipinski definition) is 2. The van der Waals surface area contributed by atoms with Crippen LogP contribution in [0.25, 0.3) is 0 Å². The first kappa shape index (κ1) is 14.4. The number of aromatic nitrogens is 1. The van der Waals surface area contributed by atoms with Crippen LogP contribution in [0.2, 0.25) is 0 Å². The average molecular weight is 356 g/mol. The minimum Gasteiger partial charge on any atom is -0.389 e. The minimum absolute atomic E-state index is 0.403. The molecule has 19 heavy (non-hydrogen) atoms. The highest BCUT2D eigenvalue weighted by Gasteiger charge is 2.06. The van der Waals surface area contributed by atoms with Gasteiger partial charge in [0.15, 0.2) is 0 Å². The van der Waals surface area contributed by atoms with Gasteiger partial charge >= 0.3 is 0 Å². The van der Waals surface area contributed by atoms with E-state index in [1.165, 1.54) is 0 Å². The molecule has 0 unspecified atom stereocenters. The first-order valence-corrected chi connectivity index (χ1v) is 7.88. The molecule has 3 N–H and O–H groups in total. The van der Waals surface area contributed by atoms with E-state index in [1.54, 1.807) is 11.3 Å². The molecule has 0 aliphatic heterocycles. The lowest BCUT2D eigenvalue weighted by molar-refractivity contribution is 0.986. The summed E-state index contributed by atoms with van der Waals surface area (Å²) >= 11 is 10.2. The van der Waals surface area contributed by atoms with Gasteiger partial charge in [-0.15, -0.1) is 11.3 Å². The van der Waals surface area contributed by atoms with Crippen LogP contribution in [0.15, 0.2) is 28.1 Å². The van der Waals surface area contributed by atoms with E-state index in [2.05, 4.69) is 31.6 Å². The molecule has 1 aromatic heterocycles. The zero-order valence-corrected chi connectivity index (χ0v) is 13.7. The van der Waals surface area contributed by atoms with Crippen LogP contribution >= 0.6 is 39.5 Å². The number of anilines is 1. The topological polar surface area (TPSA) is 50.9 Å². The standard InChI is InChI=1S/C13H14BrN3S2/c1-8-7-19-12(17-8)4-5-16-11-6-9(14)2-3-10(11)13(15)18/h2-3,6-7,16H,4-5H2,1H3,(H2,15,18). The number of thiazole rings is 1. The van der Waals surface area contributed by atoms with E-state index >= 15 is 0 Å². The van der Waals surface area contributed by atoms with Gasteiger partial charge in [0.05, 0.1) is 5.01 Å². The van der Waals surface area contributed by atoms with Crippen LogP contribution in [-0.2, 0) is 6.42 Å². The van der Waals surface area contributed by atoms with Gasteiger partial charge in [-0.05, 0) is 25.1 Å². The summed E-state index contributed by atoms with van der Waals surface area (Å²) in [4.78, 5) is 4.84. The number of hydrogen-bond acceptors (Lipinski definition) is 4. The third-order valence-corrected chi connectivity index (χ3v) is 4.31. The fourth-order valence-electron chi connectivity index (χ4n) is 1.70. The largest absolute Gasteiger partial charge is 0.389 e. The highest BCUT2D eigenvalue weighted by molar-refractivity contribution is 9.10. The molecule has 0 fully saturated rings. The smallest absolute Gasteiger partial charge is 0.106 e. The molecule has 6 heteroatoms. The second-order valence-corrected chi connectivity index (χ2v) is 6.41. The van der Waals surface area contributed by atoms with Crippen LogP contribution in [0.4, 0.5) is 5.69 Å². The summed E-state index contributed by atoms with van der Waals surface area (Å²) in [6.45, 7) is 2.81. The summed E-state index contributed by atoms with van der Waals surface area (Å²) in [5.41, 5.74) is 8.61. The van der Waals surface area contributed by atoms with Gasteiger partial charge in [-0.25, -0.2) is 4.98 Å². The molecule has 2 aromatic rings. The van der Waals surface area contributed by atoms with Gasteiger partial charge in [0.25, 0.3) is 0 Å². The normalized spacial score (nSPS) is 10.4. The molecule has 0 atom stereocenters. The molecule has 0 saturated heterocycles. The van der Waals surface area contributed by atoms with Crippen molar-refractivity contribution < 1.29 is 0 Å². The van der Waals surface area contributed by atoms with Crippen LogP contribution < -0.4 is 11.1 Å². The van der Waals surface area contributed by atoms with Crippen LogP contribution in [-0.4, -0.2) is 16.5 Å². The number of nitrogens with zero attached hydrogens (tertiary/aromatic N) is 1. The molecule has 0 spiro atoms. The summed E-state index contributed by atoms with van der Waals surface area (Å²) in [5, 5.41) is 6.56. The van der Waals surface area contributed by atoms with Gasteiger partial charge in [-0.3, -0.25) is 0 Å². The molecule has 0 aliphatic rings. The molecular formula is C13H14BrN3S2. The molecule has 0 aliphatic carbocycles. The van der Waals surface area contributed by atoms with E-state index in [0.717, 1.165) is 39.4 Å². The molecule has 0 amide bonds. The van der Waals surface area contributed by atoms with E-state index in [0.29, 0.717) is 4.99 Å². The first-order chi connectivity index (χ1) is 9.06. The fourth-order valence-corrected chi connectivity index (χ4v) is 3.01. The Labute approximate surface area is 130 Å². The van der Waals surface area contributed by atoms with E-state index in [-0.39, 0.29) is 0 Å². The molecule has 3 nitrogen and oxygen atoms in total. The van der Waals surface area contributed by atoms with Crippen molar-refractivity contribution in [2.24, 2.45) is 5.73 Å². The monoisotopic (exact) mass is 355 g/mol. The molecule has 0 saturated carbocycles. The van der Waals surface area contributed by atoms with Gasteiger partial charge in [0.1, 0.15) is 4.99 Å². The van der Waals surface area contributed by atoms with Crippen molar-refractivity contribution >= 4 is 50.2 Å². The van der Waals surface area contributed by atoms with Gasteiger partial charge in [0.2, 0.25) is 0 Å². The minimum atomic E-state index is 0.403. The Bertz CT molecular complexity index is 595. The first-order valence-electron chi connectivity index (χ1n) is 5.80. The van der Waals surface area contributed by atoms with Crippen molar-refractivity contribution in [3.63, 3.8) is 0 Å². The Morgan fingerprint density at radius 1 is 1.53 bits per heavy atom. The third kappa shape index (κ3) is 3.99. The van der Waals surface area contributed by atoms with Crippen molar-refractivity contribution in [1.82, 2.24) is 4.98 Å². The summed E-state index contributed by atoms with van der Waals surface area (Å²) in [6.07, 6.45) is 0.891. The quantitative estimate of drug-likeness (QED) is 0.805. The van der Waals surface area contributed by atoms with Crippen molar-refractivity contribution in [3.8, 4) is 0 Å². The maximum Gasteiger partial charge on any atom is 0.106 e. The third-order valence-electron chi connectivity index (χ3n) is 2.57. The highest BCUT2D eigenvalue weighted by atomic mass is 79.9. The lowest BCUT2D eigenvalue weighted by atomic mass is 10.1. The number of thiocarbonyl (C=S) groups is 1. The number of rotatable bonds is 5. The SMILES string of the molecule is Cc1csc(CCNc2cc(Br)ccc2C(N)=S)n1. The van der Waals surface area contributed by atoms with E-state index < -0.39 is 0 Å². The molecular weight excluding hydrogens is 342 g/mol. The maximum absolute atomic E-state index is 5.72. The Balaban J connectivity index is 2.02. The van der Waals surface area contributed by atoms with E-state index in [1.807, 2.05) is 25.1 Å². The van der Waals surface area contributed by atoms with Crippen LogP contribution in [0, 0.1) is 6.92 Å². The summed E-state index contributed by atoms with van der Waals surface area (Å²) in [5.74, 6) is 0. The van der Waals surface area contributed by atoms with Crippen molar-refractivity contribution in [2.75, 3.05) is 11.9 Å². The molecule has 100 valence electrons. The van der Waals surface area contributed by atoms with Crippen molar-refractivity contribution in [1.29, 1.82) is 0 Å². The number of nitrogens with one attached hydrogen (secondary N) is 1. The van der Waals surface area contributed by atoms with Crippen LogP contribution in [0.1, 0.15) is 16.3 Å².